The van der Waals surface area contributed by atoms with Crippen molar-refractivity contribution in [3.8, 4) is 5.75 Å². The molecule has 102 valence electrons. The number of anilines is 1. The molecule has 5 nitrogen and oxygen atoms in total. The summed E-state index contributed by atoms with van der Waals surface area (Å²) < 4.78 is 5.55. The molecule has 1 aliphatic carbocycles. The first-order chi connectivity index (χ1) is 9.03. The number of nitrogens with one attached hydrogen (secondary N) is 2. The van der Waals surface area contributed by atoms with Gasteiger partial charge in [-0.1, -0.05) is 6.07 Å². The smallest absolute Gasteiger partial charge is 0.265 e. The van der Waals surface area contributed by atoms with E-state index >= 15 is 0 Å². The minimum Gasteiger partial charge on any atom is -0.479 e. The lowest BCUT2D eigenvalue weighted by atomic mass is 9.97. The van der Waals surface area contributed by atoms with Crippen molar-refractivity contribution in [2.24, 2.45) is 5.73 Å². The Bertz CT molecular complexity index is 525. The quantitative estimate of drug-likeness (QED) is 0.763. The van der Waals surface area contributed by atoms with Crippen molar-refractivity contribution in [3.63, 3.8) is 0 Å². The van der Waals surface area contributed by atoms with Crippen LogP contribution in [0.4, 0.5) is 5.69 Å². The number of likely N-dealkylation sites (N-methyl/N-ethyl adjacent to an activating group) is 1. The molecule has 4 N–H and O–H groups in total. The Hall–Kier alpha value is -1.59. The van der Waals surface area contributed by atoms with Crippen molar-refractivity contribution in [2.75, 3.05) is 12.4 Å². The van der Waals surface area contributed by atoms with E-state index in [4.69, 9.17) is 10.5 Å². The lowest BCUT2D eigenvalue weighted by Gasteiger charge is -2.27. The standard InChI is InChI=1S/C14H19N3O2/c1-8-13(18)17-10-7-9(3-4-11(10)19-8)12(16-2)14(15)5-6-14/h3-4,7-8,12,16H,5-6,15H2,1-2H3,(H,17,18). The molecule has 1 saturated carbocycles. The molecule has 19 heavy (non-hydrogen) atoms. The minimum atomic E-state index is -0.442. The van der Waals surface area contributed by atoms with Crippen LogP contribution in [0.15, 0.2) is 18.2 Å². The van der Waals surface area contributed by atoms with Gasteiger partial charge in [-0.25, -0.2) is 0 Å². The van der Waals surface area contributed by atoms with Gasteiger partial charge in [-0.15, -0.1) is 0 Å². The number of fused-ring (bicyclic) bond motifs is 1. The molecule has 1 aromatic rings. The lowest BCUT2D eigenvalue weighted by molar-refractivity contribution is -0.122. The van der Waals surface area contributed by atoms with E-state index in [9.17, 15) is 4.79 Å². The first-order valence-electron chi connectivity index (χ1n) is 6.61. The van der Waals surface area contributed by atoms with Gasteiger partial charge in [-0.05, 0) is 44.5 Å². The van der Waals surface area contributed by atoms with Crippen LogP contribution in [0.2, 0.25) is 0 Å². The third kappa shape index (κ3) is 2.09. The van der Waals surface area contributed by atoms with E-state index in [-0.39, 0.29) is 17.5 Å². The van der Waals surface area contributed by atoms with E-state index in [0.29, 0.717) is 5.75 Å². The molecule has 2 aliphatic rings. The summed E-state index contributed by atoms with van der Waals surface area (Å²) in [6.45, 7) is 1.74. The highest BCUT2D eigenvalue weighted by molar-refractivity contribution is 5.97. The molecule has 1 heterocycles. The third-order valence-corrected chi connectivity index (χ3v) is 3.96. The van der Waals surface area contributed by atoms with Crippen LogP contribution in [-0.4, -0.2) is 24.6 Å². The van der Waals surface area contributed by atoms with Crippen LogP contribution in [0.1, 0.15) is 31.4 Å². The van der Waals surface area contributed by atoms with Gasteiger partial charge >= 0.3 is 0 Å². The van der Waals surface area contributed by atoms with Crippen LogP contribution in [0.3, 0.4) is 0 Å². The summed E-state index contributed by atoms with van der Waals surface area (Å²) in [5.74, 6) is 0.604. The molecule has 0 saturated heterocycles. The number of amides is 1. The topological polar surface area (TPSA) is 76.4 Å². The van der Waals surface area contributed by atoms with Crippen LogP contribution >= 0.6 is 0 Å². The van der Waals surface area contributed by atoms with Gasteiger partial charge in [0.15, 0.2) is 6.10 Å². The highest BCUT2D eigenvalue weighted by Crippen LogP contribution is 2.44. The van der Waals surface area contributed by atoms with E-state index in [1.807, 2.05) is 25.2 Å². The van der Waals surface area contributed by atoms with E-state index in [1.165, 1.54) is 0 Å². The molecule has 5 heteroatoms. The Labute approximate surface area is 112 Å². The zero-order valence-corrected chi connectivity index (χ0v) is 11.2. The third-order valence-electron chi connectivity index (χ3n) is 3.96. The van der Waals surface area contributed by atoms with Crippen LogP contribution < -0.4 is 21.1 Å². The molecule has 2 unspecified atom stereocenters. The predicted octanol–water partition coefficient (Wildman–Crippen LogP) is 1.16. The van der Waals surface area contributed by atoms with Crippen LogP contribution in [-0.2, 0) is 4.79 Å². The Balaban J connectivity index is 1.93. The number of carbonyl (C=O) groups is 1. The Kier molecular flexibility index (Phi) is 2.76. The monoisotopic (exact) mass is 261 g/mol. The summed E-state index contributed by atoms with van der Waals surface area (Å²) in [5.41, 5.74) is 7.93. The Morgan fingerprint density at radius 2 is 2.26 bits per heavy atom. The molecule has 1 fully saturated rings. The highest BCUT2D eigenvalue weighted by atomic mass is 16.5. The Morgan fingerprint density at radius 3 is 2.89 bits per heavy atom. The van der Waals surface area contributed by atoms with Crippen molar-refractivity contribution in [1.29, 1.82) is 0 Å². The van der Waals surface area contributed by atoms with Gasteiger partial charge < -0.3 is 21.1 Å². The second kappa shape index (κ2) is 4.21. The van der Waals surface area contributed by atoms with E-state index < -0.39 is 6.10 Å². The fourth-order valence-corrected chi connectivity index (χ4v) is 2.63. The normalized spacial score (nSPS) is 25.0. The molecule has 2 atom stereocenters. The number of carbonyl (C=O) groups excluding carboxylic acids is 1. The fourth-order valence-electron chi connectivity index (χ4n) is 2.63. The van der Waals surface area contributed by atoms with Gasteiger partial charge in [0.05, 0.1) is 11.7 Å². The van der Waals surface area contributed by atoms with E-state index in [2.05, 4.69) is 10.6 Å². The van der Waals surface area contributed by atoms with Gasteiger partial charge in [-0.3, -0.25) is 4.79 Å². The maximum absolute atomic E-state index is 11.6. The largest absolute Gasteiger partial charge is 0.479 e. The van der Waals surface area contributed by atoms with E-state index in [0.717, 1.165) is 24.1 Å². The minimum absolute atomic E-state index is 0.106. The van der Waals surface area contributed by atoms with Crippen LogP contribution in [0.25, 0.3) is 0 Å². The molecule has 3 rings (SSSR count). The molecule has 1 amide bonds. The average Bonchev–Trinajstić information content (AvgIpc) is 3.10. The molecule has 1 aliphatic heterocycles. The molecule has 0 radical (unpaired) electrons. The summed E-state index contributed by atoms with van der Waals surface area (Å²) in [4.78, 5) is 11.6. The van der Waals surface area contributed by atoms with Crippen LogP contribution in [0.5, 0.6) is 5.75 Å². The van der Waals surface area contributed by atoms with Crippen molar-refractivity contribution in [1.82, 2.24) is 5.32 Å². The van der Waals surface area contributed by atoms with Crippen LogP contribution in [0, 0.1) is 0 Å². The van der Waals surface area contributed by atoms with Crippen molar-refractivity contribution >= 4 is 11.6 Å². The summed E-state index contributed by atoms with van der Waals surface area (Å²) in [5, 5.41) is 6.14. The second-order valence-electron chi connectivity index (χ2n) is 5.46. The van der Waals surface area contributed by atoms with E-state index in [1.54, 1.807) is 6.92 Å². The molecular weight excluding hydrogens is 242 g/mol. The molecule has 0 spiro atoms. The molecular formula is C14H19N3O2. The number of hydrogen-bond acceptors (Lipinski definition) is 4. The van der Waals surface area contributed by atoms with Crippen molar-refractivity contribution in [3.05, 3.63) is 23.8 Å². The zero-order chi connectivity index (χ0) is 13.6. The maximum Gasteiger partial charge on any atom is 0.265 e. The maximum atomic E-state index is 11.6. The number of nitrogens with two attached hydrogens (primary N) is 1. The molecule has 1 aromatic carbocycles. The molecule has 0 bridgehead atoms. The van der Waals surface area contributed by atoms with Gasteiger partial charge in [0.1, 0.15) is 5.75 Å². The van der Waals surface area contributed by atoms with Gasteiger partial charge in [0.2, 0.25) is 0 Å². The summed E-state index contributed by atoms with van der Waals surface area (Å²) >= 11 is 0. The summed E-state index contributed by atoms with van der Waals surface area (Å²) in [7, 11) is 1.91. The van der Waals surface area contributed by atoms with Crippen molar-refractivity contribution < 1.29 is 9.53 Å². The van der Waals surface area contributed by atoms with Gasteiger partial charge in [0, 0.05) is 5.54 Å². The SMILES string of the molecule is CNC(c1ccc2c(c1)NC(=O)C(C)O2)C1(N)CC1. The average molecular weight is 261 g/mol. The predicted molar refractivity (Wildman–Crippen MR) is 73.1 cm³/mol. The number of hydrogen-bond donors (Lipinski definition) is 3. The number of ether oxygens (including phenoxy) is 1. The van der Waals surface area contributed by atoms with Gasteiger partial charge in [-0.2, -0.15) is 0 Å². The highest BCUT2D eigenvalue weighted by Gasteiger charge is 2.46. The van der Waals surface area contributed by atoms with Gasteiger partial charge in [0.25, 0.3) is 5.91 Å². The summed E-state index contributed by atoms with van der Waals surface area (Å²) in [6.07, 6.45) is 1.60. The Morgan fingerprint density at radius 1 is 1.53 bits per heavy atom. The zero-order valence-electron chi connectivity index (χ0n) is 11.2. The second-order valence-corrected chi connectivity index (χ2v) is 5.46. The number of rotatable bonds is 3. The van der Waals surface area contributed by atoms with Crippen molar-refractivity contribution in [2.45, 2.75) is 37.5 Å². The number of benzene rings is 1. The first kappa shape index (κ1) is 12.4. The fraction of sp³-hybridized carbons (Fsp3) is 0.500. The first-order valence-corrected chi connectivity index (χ1v) is 6.61. The molecule has 0 aromatic heterocycles. The summed E-state index contributed by atoms with van der Waals surface area (Å²) in [6, 6.07) is 5.97. The lowest BCUT2D eigenvalue weighted by Crippen LogP contribution is -2.39.